The number of amides is 2. The maximum absolute atomic E-state index is 12.6. The van der Waals surface area contributed by atoms with Gasteiger partial charge in [0, 0.05) is 32.2 Å². The number of urea groups is 1. The van der Waals surface area contributed by atoms with Gasteiger partial charge in [-0.3, -0.25) is 0 Å². The molecule has 1 aromatic rings. The fourth-order valence-corrected chi connectivity index (χ4v) is 4.76. The topological polar surface area (TPSA) is 104 Å². The summed E-state index contributed by atoms with van der Waals surface area (Å²) in [6.45, 7) is 10.0. The summed E-state index contributed by atoms with van der Waals surface area (Å²) in [4.78, 5) is 21.0. The third-order valence-corrected chi connectivity index (χ3v) is 7.38. The lowest BCUT2D eigenvalue weighted by atomic mass is 10.1. The van der Waals surface area contributed by atoms with Crippen molar-refractivity contribution >= 4 is 27.6 Å². The van der Waals surface area contributed by atoms with Gasteiger partial charge in [0.15, 0.2) is 0 Å². The highest BCUT2D eigenvalue weighted by molar-refractivity contribution is 7.90. The average Bonchev–Trinajstić information content (AvgIpc) is 2.68. The number of ether oxygens (including phenoxy) is 1. The summed E-state index contributed by atoms with van der Waals surface area (Å²) < 4.78 is 32.5. The van der Waals surface area contributed by atoms with Crippen LogP contribution in [0.15, 0.2) is 18.3 Å². The standard InChI is InChI=1S/C20H33N5O4S/c1-14(2)30(27,28)23-17-7-9-24(10-8-17)20(26)22-18-5-6-19(21-11-18)25-12-15(3)29-16(4)13-25/h5-6,11,14-17,23H,7-10,12-13H2,1-4H3,(H,22,26)/t15-,16+. The zero-order valence-corrected chi connectivity index (χ0v) is 19.0. The van der Waals surface area contributed by atoms with Crippen LogP contribution in [-0.4, -0.2) is 74.0 Å². The van der Waals surface area contributed by atoms with Crippen molar-refractivity contribution in [3.05, 3.63) is 18.3 Å². The molecule has 168 valence electrons. The van der Waals surface area contributed by atoms with Crippen LogP contribution in [0.25, 0.3) is 0 Å². The molecule has 0 bridgehead atoms. The summed E-state index contributed by atoms with van der Waals surface area (Å²) in [5.41, 5.74) is 0.640. The van der Waals surface area contributed by atoms with E-state index in [1.54, 1.807) is 24.9 Å². The van der Waals surface area contributed by atoms with E-state index in [1.807, 2.05) is 26.0 Å². The van der Waals surface area contributed by atoms with E-state index < -0.39 is 15.3 Å². The molecule has 2 amide bonds. The van der Waals surface area contributed by atoms with Crippen LogP contribution in [-0.2, 0) is 14.8 Å². The number of carbonyl (C=O) groups excluding carboxylic acids is 1. The lowest BCUT2D eigenvalue weighted by Gasteiger charge is -2.36. The second-order valence-electron chi connectivity index (χ2n) is 8.47. The molecular formula is C20H33N5O4S. The van der Waals surface area contributed by atoms with E-state index in [-0.39, 0.29) is 24.3 Å². The summed E-state index contributed by atoms with van der Waals surface area (Å²) >= 11 is 0. The van der Waals surface area contributed by atoms with E-state index in [2.05, 4.69) is 19.9 Å². The normalized spacial score (nSPS) is 23.6. The van der Waals surface area contributed by atoms with Crippen LogP contribution >= 0.6 is 0 Å². The average molecular weight is 440 g/mol. The van der Waals surface area contributed by atoms with Gasteiger partial charge in [-0.25, -0.2) is 22.9 Å². The molecule has 0 unspecified atom stereocenters. The summed E-state index contributed by atoms with van der Waals surface area (Å²) in [6.07, 6.45) is 3.18. The number of nitrogens with one attached hydrogen (secondary N) is 2. The van der Waals surface area contributed by atoms with Crippen LogP contribution in [0.4, 0.5) is 16.3 Å². The monoisotopic (exact) mass is 439 g/mol. The Morgan fingerprint density at radius 1 is 1.17 bits per heavy atom. The summed E-state index contributed by atoms with van der Waals surface area (Å²) in [6, 6.07) is 3.45. The lowest BCUT2D eigenvalue weighted by molar-refractivity contribution is -0.00545. The minimum Gasteiger partial charge on any atom is -0.372 e. The zero-order chi connectivity index (χ0) is 21.9. The Balaban J connectivity index is 1.50. The maximum Gasteiger partial charge on any atom is 0.321 e. The predicted molar refractivity (Wildman–Crippen MR) is 117 cm³/mol. The lowest BCUT2D eigenvalue weighted by Crippen LogP contribution is -2.48. The molecule has 2 fully saturated rings. The largest absolute Gasteiger partial charge is 0.372 e. The first-order valence-electron chi connectivity index (χ1n) is 10.6. The number of likely N-dealkylation sites (tertiary alicyclic amines) is 1. The number of pyridine rings is 1. The molecule has 9 nitrogen and oxygen atoms in total. The fourth-order valence-electron chi connectivity index (χ4n) is 3.78. The van der Waals surface area contributed by atoms with Gasteiger partial charge in [-0.15, -0.1) is 0 Å². The maximum atomic E-state index is 12.6. The first-order valence-corrected chi connectivity index (χ1v) is 12.1. The molecule has 0 radical (unpaired) electrons. The summed E-state index contributed by atoms with van der Waals surface area (Å²) in [5, 5.41) is 2.42. The van der Waals surface area contributed by atoms with Crippen molar-refractivity contribution in [3.63, 3.8) is 0 Å². The van der Waals surface area contributed by atoms with Crippen molar-refractivity contribution in [2.24, 2.45) is 0 Å². The van der Waals surface area contributed by atoms with E-state index in [4.69, 9.17) is 4.74 Å². The molecule has 0 saturated carbocycles. The molecule has 2 N–H and O–H groups in total. The molecule has 10 heteroatoms. The Kier molecular flexibility index (Phi) is 7.20. The van der Waals surface area contributed by atoms with Crippen LogP contribution < -0.4 is 14.9 Å². The molecule has 0 aromatic carbocycles. The van der Waals surface area contributed by atoms with Gasteiger partial charge < -0.3 is 19.9 Å². The van der Waals surface area contributed by atoms with Crippen LogP contribution in [0.5, 0.6) is 0 Å². The third kappa shape index (κ3) is 5.83. The molecule has 3 rings (SSSR count). The Hall–Kier alpha value is -1.91. The Morgan fingerprint density at radius 3 is 2.33 bits per heavy atom. The number of carbonyl (C=O) groups is 1. The van der Waals surface area contributed by atoms with E-state index in [0.29, 0.717) is 31.6 Å². The van der Waals surface area contributed by atoms with Crippen molar-refractivity contribution in [2.75, 3.05) is 36.4 Å². The molecule has 30 heavy (non-hydrogen) atoms. The number of morpholine rings is 1. The number of nitrogens with zero attached hydrogens (tertiary/aromatic N) is 3. The van der Waals surface area contributed by atoms with Crippen molar-refractivity contribution in [3.8, 4) is 0 Å². The Bertz CT molecular complexity index is 812. The number of aromatic nitrogens is 1. The van der Waals surface area contributed by atoms with Gasteiger partial charge in [-0.2, -0.15) is 0 Å². The van der Waals surface area contributed by atoms with Crippen LogP contribution in [0.1, 0.15) is 40.5 Å². The SMILES string of the molecule is CC(C)S(=O)(=O)NC1CCN(C(=O)Nc2ccc(N3C[C@@H](C)O[C@@H](C)C3)nc2)CC1. The second kappa shape index (κ2) is 9.49. The highest BCUT2D eigenvalue weighted by atomic mass is 32.2. The highest BCUT2D eigenvalue weighted by Crippen LogP contribution is 2.20. The molecule has 2 aliphatic rings. The number of rotatable bonds is 5. The fraction of sp³-hybridized carbons (Fsp3) is 0.700. The molecular weight excluding hydrogens is 406 g/mol. The number of hydrogen-bond acceptors (Lipinski definition) is 6. The van der Waals surface area contributed by atoms with Gasteiger partial charge in [0.05, 0.1) is 29.3 Å². The van der Waals surface area contributed by atoms with Crippen molar-refractivity contribution in [1.29, 1.82) is 0 Å². The first kappa shape index (κ1) is 22.8. The molecule has 2 saturated heterocycles. The molecule has 3 heterocycles. The van der Waals surface area contributed by atoms with E-state index in [9.17, 15) is 13.2 Å². The molecule has 0 spiro atoms. The third-order valence-electron chi connectivity index (χ3n) is 5.48. The van der Waals surface area contributed by atoms with Crippen LogP contribution in [0, 0.1) is 0 Å². The van der Waals surface area contributed by atoms with Gasteiger partial charge in [0.2, 0.25) is 10.0 Å². The minimum atomic E-state index is -3.29. The van der Waals surface area contributed by atoms with Crippen molar-refractivity contribution in [1.82, 2.24) is 14.6 Å². The zero-order valence-electron chi connectivity index (χ0n) is 18.2. The first-order chi connectivity index (χ1) is 14.1. The molecule has 0 aliphatic carbocycles. The highest BCUT2D eigenvalue weighted by Gasteiger charge is 2.27. The molecule has 2 atom stereocenters. The van der Waals surface area contributed by atoms with Crippen molar-refractivity contribution in [2.45, 2.75) is 64.0 Å². The number of anilines is 2. The van der Waals surface area contributed by atoms with Gasteiger partial charge in [0.1, 0.15) is 5.82 Å². The van der Waals surface area contributed by atoms with E-state index >= 15 is 0 Å². The van der Waals surface area contributed by atoms with Gasteiger partial charge in [-0.05, 0) is 52.7 Å². The van der Waals surface area contributed by atoms with Crippen LogP contribution in [0.2, 0.25) is 0 Å². The van der Waals surface area contributed by atoms with Crippen molar-refractivity contribution < 1.29 is 17.9 Å². The second-order valence-corrected chi connectivity index (χ2v) is 10.7. The van der Waals surface area contributed by atoms with Gasteiger partial charge in [-0.1, -0.05) is 0 Å². The summed E-state index contributed by atoms with van der Waals surface area (Å²) in [5.74, 6) is 0.869. The minimum absolute atomic E-state index is 0.124. The molecule has 1 aromatic heterocycles. The summed E-state index contributed by atoms with van der Waals surface area (Å²) in [7, 11) is -3.29. The molecule has 2 aliphatic heterocycles. The van der Waals surface area contributed by atoms with Crippen LogP contribution in [0.3, 0.4) is 0 Å². The smallest absolute Gasteiger partial charge is 0.321 e. The Labute approximate surface area is 179 Å². The van der Waals surface area contributed by atoms with Gasteiger partial charge >= 0.3 is 6.03 Å². The number of piperidine rings is 1. The van der Waals surface area contributed by atoms with E-state index in [0.717, 1.165) is 18.9 Å². The predicted octanol–water partition coefficient (Wildman–Crippen LogP) is 2.02. The van der Waals surface area contributed by atoms with E-state index in [1.165, 1.54) is 0 Å². The number of sulfonamides is 1. The Morgan fingerprint density at radius 2 is 1.80 bits per heavy atom. The van der Waals surface area contributed by atoms with Gasteiger partial charge in [0.25, 0.3) is 0 Å². The number of hydrogen-bond donors (Lipinski definition) is 2. The quantitative estimate of drug-likeness (QED) is 0.727.